The molecule has 0 aliphatic heterocycles. The summed E-state index contributed by atoms with van der Waals surface area (Å²) in [4.78, 5) is 8.49. The molecule has 0 bridgehead atoms. The van der Waals surface area contributed by atoms with Crippen LogP contribution in [0.15, 0.2) is 41.5 Å². The Labute approximate surface area is 183 Å². The van der Waals surface area contributed by atoms with Crippen LogP contribution in [0.4, 0.5) is 4.39 Å². The lowest BCUT2D eigenvalue weighted by molar-refractivity contribution is 0.305. The van der Waals surface area contributed by atoms with Gasteiger partial charge < -0.3 is 20.1 Å². The fourth-order valence-electron chi connectivity index (χ4n) is 2.43. The number of methoxy groups -OCH3 is 1. The molecule has 8 heteroatoms. The zero-order valence-electron chi connectivity index (χ0n) is 16.7. The zero-order chi connectivity index (χ0) is 19.6. The van der Waals surface area contributed by atoms with Crippen LogP contribution in [-0.4, -0.2) is 31.7 Å². The van der Waals surface area contributed by atoms with Crippen molar-refractivity contribution in [3.63, 3.8) is 0 Å². The third-order valence-corrected chi connectivity index (χ3v) is 3.96. The summed E-state index contributed by atoms with van der Waals surface area (Å²) in [7, 11) is 3.14. The normalized spacial score (nSPS) is 12.0. The third kappa shape index (κ3) is 7.14. The van der Waals surface area contributed by atoms with Crippen LogP contribution < -0.4 is 20.1 Å². The van der Waals surface area contributed by atoms with Crippen molar-refractivity contribution in [3.8, 4) is 11.6 Å². The molecular formula is C20H28FIN4O2. The second kappa shape index (κ2) is 12.4. The number of halogens is 2. The van der Waals surface area contributed by atoms with E-state index in [0.717, 1.165) is 17.5 Å². The van der Waals surface area contributed by atoms with Gasteiger partial charge in [0.25, 0.3) is 0 Å². The summed E-state index contributed by atoms with van der Waals surface area (Å²) in [6.45, 7) is 5.21. The molecule has 2 aromatic rings. The van der Waals surface area contributed by atoms with Gasteiger partial charge in [-0.05, 0) is 36.6 Å². The fraction of sp³-hybridized carbons (Fsp3) is 0.400. The number of guanidine groups is 1. The highest BCUT2D eigenvalue weighted by molar-refractivity contribution is 14.0. The second-order valence-corrected chi connectivity index (χ2v) is 6.04. The molecule has 28 heavy (non-hydrogen) atoms. The van der Waals surface area contributed by atoms with Crippen molar-refractivity contribution in [1.29, 1.82) is 0 Å². The minimum Gasteiger partial charge on any atom is -0.494 e. The van der Waals surface area contributed by atoms with Gasteiger partial charge in [-0.25, -0.2) is 9.37 Å². The first-order valence-electron chi connectivity index (χ1n) is 8.95. The highest BCUT2D eigenvalue weighted by Crippen LogP contribution is 2.21. The van der Waals surface area contributed by atoms with Crippen LogP contribution in [0, 0.1) is 5.82 Å². The molecular weight excluding hydrogens is 474 g/mol. The molecule has 6 nitrogen and oxygen atoms in total. The topological polar surface area (TPSA) is 67.8 Å². The van der Waals surface area contributed by atoms with E-state index in [0.29, 0.717) is 25.0 Å². The minimum atomic E-state index is -0.386. The first-order chi connectivity index (χ1) is 13.1. The van der Waals surface area contributed by atoms with Crippen LogP contribution in [0.3, 0.4) is 0 Å². The Bertz CT molecular complexity index is 756. The second-order valence-electron chi connectivity index (χ2n) is 6.04. The van der Waals surface area contributed by atoms with Crippen molar-refractivity contribution in [2.45, 2.75) is 32.9 Å². The number of ether oxygens (including phenoxy) is 2. The van der Waals surface area contributed by atoms with E-state index in [1.807, 2.05) is 25.1 Å². The summed E-state index contributed by atoms with van der Waals surface area (Å²) < 4.78 is 24.3. The highest BCUT2D eigenvalue weighted by atomic mass is 127. The summed E-state index contributed by atoms with van der Waals surface area (Å²) in [6.07, 6.45) is 2.72. The molecule has 1 aromatic carbocycles. The van der Waals surface area contributed by atoms with Crippen molar-refractivity contribution < 1.29 is 13.9 Å². The van der Waals surface area contributed by atoms with Gasteiger partial charge >= 0.3 is 0 Å². The van der Waals surface area contributed by atoms with E-state index in [4.69, 9.17) is 9.47 Å². The van der Waals surface area contributed by atoms with Gasteiger partial charge in [0.1, 0.15) is 0 Å². The number of nitrogens with zero attached hydrogens (tertiary/aromatic N) is 2. The van der Waals surface area contributed by atoms with Crippen molar-refractivity contribution in [3.05, 3.63) is 53.5 Å². The predicted octanol–water partition coefficient (Wildman–Crippen LogP) is 4.06. The van der Waals surface area contributed by atoms with Gasteiger partial charge in [-0.3, -0.25) is 4.99 Å². The number of rotatable bonds is 8. The Balaban J connectivity index is 0.00000392. The van der Waals surface area contributed by atoms with Crippen LogP contribution in [0.1, 0.15) is 37.4 Å². The molecule has 0 aliphatic rings. The number of benzene rings is 1. The minimum absolute atomic E-state index is 0. The molecule has 0 radical (unpaired) electrons. The Morgan fingerprint density at radius 2 is 2.07 bits per heavy atom. The summed E-state index contributed by atoms with van der Waals surface area (Å²) >= 11 is 0. The zero-order valence-corrected chi connectivity index (χ0v) is 19.0. The summed E-state index contributed by atoms with van der Waals surface area (Å²) in [5, 5.41) is 6.47. The van der Waals surface area contributed by atoms with Crippen LogP contribution in [0.25, 0.3) is 0 Å². The lowest BCUT2D eigenvalue weighted by Crippen LogP contribution is -2.38. The number of aliphatic imine (C=N–C) groups is 1. The Kier molecular flexibility index (Phi) is 10.6. The summed E-state index contributed by atoms with van der Waals surface area (Å²) in [6, 6.07) is 8.59. The van der Waals surface area contributed by atoms with Gasteiger partial charge in [-0.2, -0.15) is 0 Å². The van der Waals surface area contributed by atoms with Crippen molar-refractivity contribution in [2.75, 3.05) is 20.8 Å². The van der Waals surface area contributed by atoms with E-state index in [9.17, 15) is 4.39 Å². The number of nitrogens with one attached hydrogen (secondary N) is 2. The first kappa shape index (κ1) is 23.9. The van der Waals surface area contributed by atoms with E-state index in [1.54, 1.807) is 19.3 Å². The molecule has 2 N–H and O–H groups in total. The van der Waals surface area contributed by atoms with Gasteiger partial charge in [0, 0.05) is 25.9 Å². The molecule has 2 rings (SSSR count). The van der Waals surface area contributed by atoms with E-state index >= 15 is 0 Å². The van der Waals surface area contributed by atoms with E-state index < -0.39 is 0 Å². The molecule has 154 valence electrons. The number of aromatic nitrogens is 1. The monoisotopic (exact) mass is 502 g/mol. The standard InChI is InChI=1S/C20H27FN4O2.HI/c1-5-10-27-19-9-6-15(12-23-19)13-24-20(22-3)25-14(2)16-7-8-18(26-4)17(21)11-16;/h6-9,11-12,14H,5,10,13H2,1-4H3,(H2,22,24,25);1H. The maximum atomic E-state index is 13.9. The Morgan fingerprint density at radius 1 is 1.29 bits per heavy atom. The SMILES string of the molecule is CCCOc1ccc(CNC(=NC)NC(C)c2ccc(OC)c(F)c2)cn1.I. The van der Waals surface area contributed by atoms with Gasteiger partial charge in [0.2, 0.25) is 5.88 Å². The van der Waals surface area contributed by atoms with Gasteiger partial charge in [-0.15, -0.1) is 24.0 Å². The van der Waals surface area contributed by atoms with E-state index in [2.05, 4.69) is 27.5 Å². The van der Waals surface area contributed by atoms with Gasteiger partial charge in [0.15, 0.2) is 17.5 Å². The molecule has 1 heterocycles. The molecule has 0 saturated carbocycles. The first-order valence-corrected chi connectivity index (χ1v) is 8.95. The maximum Gasteiger partial charge on any atom is 0.213 e. The molecule has 0 aliphatic carbocycles. The highest BCUT2D eigenvalue weighted by Gasteiger charge is 2.11. The number of hydrogen-bond acceptors (Lipinski definition) is 4. The molecule has 0 fully saturated rings. The largest absolute Gasteiger partial charge is 0.494 e. The lowest BCUT2D eigenvalue weighted by Gasteiger charge is -2.19. The molecule has 0 saturated heterocycles. The fourth-order valence-corrected chi connectivity index (χ4v) is 2.43. The van der Waals surface area contributed by atoms with Crippen LogP contribution in [0.5, 0.6) is 11.6 Å². The average Bonchev–Trinajstić information content (AvgIpc) is 2.70. The Hall–Kier alpha value is -2.10. The Morgan fingerprint density at radius 3 is 2.64 bits per heavy atom. The average molecular weight is 502 g/mol. The number of hydrogen-bond donors (Lipinski definition) is 2. The maximum absolute atomic E-state index is 13.9. The molecule has 0 spiro atoms. The van der Waals surface area contributed by atoms with Crippen LogP contribution >= 0.6 is 24.0 Å². The predicted molar refractivity (Wildman–Crippen MR) is 120 cm³/mol. The number of pyridine rings is 1. The van der Waals surface area contributed by atoms with Crippen molar-refractivity contribution >= 4 is 29.9 Å². The van der Waals surface area contributed by atoms with Crippen molar-refractivity contribution in [2.24, 2.45) is 4.99 Å². The van der Waals surface area contributed by atoms with Crippen LogP contribution in [-0.2, 0) is 6.54 Å². The van der Waals surface area contributed by atoms with E-state index in [1.165, 1.54) is 13.2 Å². The quantitative estimate of drug-likeness (QED) is 0.324. The lowest BCUT2D eigenvalue weighted by atomic mass is 10.1. The smallest absolute Gasteiger partial charge is 0.213 e. The third-order valence-electron chi connectivity index (χ3n) is 3.96. The van der Waals surface area contributed by atoms with Crippen molar-refractivity contribution in [1.82, 2.24) is 15.6 Å². The molecule has 1 atom stereocenters. The molecule has 1 unspecified atom stereocenters. The summed E-state index contributed by atoms with van der Waals surface area (Å²) in [5.41, 5.74) is 1.81. The van der Waals surface area contributed by atoms with Gasteiger partial charge in [0.05, 0.1) is 19.8 Å². The molecule has 0 amide bonds. The van der Waals surface area contributed by atoms with Gasteiger partial charge in [-0.1, -0.05) is 19.1 Å². The van der Waals surface area contributed by atoms with E-state index in [-0.39, 0.29) is 41.6 Å². The van der Waals surface area contributed by atoms with Crippen LogP contribution in [0.2, 0.25) is 0 Å². The molecule has 1 aromatic heterocycles. The summed E-state index contributed by atoms with van der Waals surface area (Å²) in [5.74, 6) is 1.08.